The molecule has 0 amide bonds. The van der Waals surface area contributed by atoms with Crippen LogP contribution >= 0.6 is 11.3 Å². The maximum atomic E-state index is 12.9. The lowest BCUT2D eigenvalue weighted by molar-refractivity contribution is 0.290. The van der Waals surface area contributed by atoms with Crippen molar-refractivity contribution in [1.82, 2.24) is 13.9 Å². The molecule has 1 saturated heterocycles. The van der Waals surface area contributed by atoms with Crippen LogP contribution in [0.5, 0.6) is 0 Å². The minimum absolute atomic E-state index is 0.0498. The molecule has 0 spiro atoms. The molecular formula is C13H21N3O2S2. The summed E-state index contributed by atoms with van der Waals surface area (Å²) in [6, 6.07) is 2.02. The zero-order valence-corrected chi connectivity index (χ0v) is 13.3. The first-order valence-electron chi connectivity index (χ1n) is 7.14. The molecule has 112 valence electrons. The monoisotopic (exact) mass is 315 g/mol. The molecule has 1 N–H and O–H groups in total. The van der Waals surface area contributed by atoms with Gasteiger partial charge in [-0.25, -0.2) is 0 Å². The maximum absolute atomic E-state index is 12.9. The summed E-state index contributed by atoms with van der Waals surface area (Å²) in [5, 5.41) is 5.31. The molecule has 20 heavy (non-hydrogen) atoms. The van der Waals surface area contributed by atoms with E-state index >= 15 is 0 Å². The molecule has 0 radical (unpaired) electrons. The van der Waals surface area contributed by atoms with Crippen molar-refractivity contribution >= 4 is 21.5 Å². The minimum Gasteiger partial charge on any atom is -0.315 e. The van der Waals surface area contributed by atoms with Crippen LogP contribution in [0.4, 0.5) is 0 Å². The average Bonchev–Trinajstić information content (AvgIpc) is 2.73. The van der Waals surface area contributed by atoms with Crippen molar-refractivity contribution in [3.8, 4) is 0 Å². The highest BCUT2D eigenvalue weighted by Crippen LogP contribution is 2.35. The number of nitrogens with zero attached hydrogens (tertiary/aromatic N) is 2. The second kappa shape index (κ2) is 5.73. The van der Waals surface area contributed by atoms with E-state index in [2.05, 4.69) is 16.8 Å². The van der Waals surface area contributed by atoms with Gasteiger partial charge in [-0.1, -0.05) is 0 Å². The van der Waals surface area contributed by atoms with Crippen LogP contribution in [0.3, 0.4) is 0 Å². The Hall–Kier alpha value is -0.470. The number of fused-ring (bicyclic) bond motifs is 1. The van der Waals surface area contributed by atoms with Crippen molar-refractivity contribution in [2.45, 2.75) is 25.8 Å². The van der Waals surface area contributed by atoms with E-state index < -0.39 is 10.2 Å². The smallest absolute Gasteiger partial charge is 0.282 e. The predicted octanol–water partition coefficient (Wildman–Crippen LogP) is 1.21. The van der Waals surface area contributed by atoms with Crippen LogP contribution in [-0.4, -0.2) is 49.8 Å². The van der Waals surface area contributed by atoms with Crippen LogP contribution in [0.2, 0.25) is 0 Å². The topological polar surface area (TPSA) is 52.7 Å². The summed E-state index contributed by atoms with van der Waals surface area (Å²) in [5.41, 5.74) is 1.18. The molecule has 0 aromatic carbocycles. The average molecular weight is 315 g/mol. The van der Waals surface area contributed by atoms with E-state index in [0.717, 1.165) is 25.9 Å². The Kier molecular flexibility index (Phi) is 4.14. The summed E-state index contributed by atoms with van der Waals surface area (Å²) < 4.78 is 29.0. The first kappa shape index (κ1) is 14.5. The Balaban J connectivity index is 1.84. The van der Waals surface area contributed by atoms with Crippen molar-refractivity contribution in [1.29, 1.82) is 0 Å². The van der Waals surface area contributed by atoms with E-state index in [9.17, 15) is 8.42 Å². The molecule has 2 aliphatic rings. The molecule has 1 unspecified atom stereocenters. The second-order valence-corrected chi connectivity index (χ2v) is 8.23. The van der Waals surface area contributed by atoms with E-state index in [4.69, 9.17) is 0 Å². The molecule has 2 aliphatic heterocycles. The second-order valence-electron chi connectivity index (χ2n) is 5.35. The van der Waals surface area contributed by atoms with Crippen molar-refractivity contribution in [2.75, 3.05) is 32.7 Å². The summed E-state index contributed by atoms with van der Waals surface area (Å²) >= 11 is 1.74. The van der Waals surface area contributed by atoms with Crippen LogP contribution in [0.25, 0.3) is 0 Å². The third-order valence-electron chi connectivity index (χ3n) is 4.14. The number of rotatable bonds is 2. The fourth-order valence-electron chi connectivity index (χ4n) is 3.00. The summed E-state index contributed by atoms with van der Waals surface area (Å²) in [7, 11) is -3.35. The van der Waals surface area contributed by atoms with Crippen molar-refractivity contribution in [3.63, 3.8) is 0 Å². The lowest BCUT2D eigenvalue weighted by Gasteiger charge is -2.36. The largest absolute Gasteiger partial charge is 0.315 e. The summed E-state index contributed by atoms with van der Waals surface area (Å²) in [6.45, 7) is 5.43. The van der Waals surface area contributed by atoms with E-state index in [-0.39, 0.29) is 6.04 Å². The lowest BCUT2D eigenvalue weighted by atomic mass is 10.0. The van der Waals surface area contributed by atoms with Gasteiger partial charge >= 0.3 is 0 Å². The summed E-state index contributed by atoms with van der Waals surface area (Å²) in [5.74, 6) is 0. The molecule has 3 heterocycles. The highest BCUT2D eigenvalue weighted by Gasteiger charge is 2.37. The number of thiophene rings is 1. The fraction of sp³-hybridized carbons (Fsp3) is 0.692. The standard InChI is InChI=1S/C13H21N3O2S2/c1-11-12-4-10-19-13(12)3-8-16(11)20(17,18)15-7-2-5-14-6-9-15/h4,10-11,14H,2-3,5-9H2,1H3. The molecule has 1 aromatic rings. The van der Waals surface area contributed by atoms with Gasteiger partial charge in [0.2, 0.25) is 0 Å². The molecule has 0 aliphatic carbocycles. The fourth-order valence-corrected chi connectivity index (χ4v) is 5.78. The highest BCUT2D eigenvalue weighted by atomic mass is 32.2. The van der Waals surface area contributed by atoms with Crippen molar-refractivity contribution < 1.29 is 8.42 Å². The van der Waals surface area contributed by atoms with Crippen LogP contribution in [0.15, 0.2) is 11.4 Å². The highest BCUT2D eigenvalue weighted by molar-refractivity contribution is 7.86. The molecule has 5 nitrogen and oxygen atoms in total. The van der Waals surface area contributed by atoms with Crippen LogP contribution < -0.4 is 5.32 Å². The third kappa shape index (κ3) is 2.53. The van der Waals surface area contributed by atoms with E-state index in [1.54, 1.807) is 19.9 Å². The van der Waals surface area contributed by atoms with E-state index in [1.807, 2.05) is 6.92 Å². The van der Waals surface area contributed by atoms with Gasteiger partial charge in [-0.05, 0) is 43.3 Å². The first-order valence-corrected chi connectivity index (χ1v) is 9.42. The molecule has 1 atom stereocenters. The molecule has 7 heteroatoms. The van der Waals surface area contributed by atoms with Gasteiger partial charge in [-0.15, -0.1) is 11.3 Å². The lowest BCUT2D eigenvalue weighted by Crippen LogP contribution is -2.48. The van der Waals surface area contributed by atoms with E-state index in [0.29, 0.717) is 19.6 Å². The van der Waals surface area contributed by atoms with Gasteiger partial charge in [0, 0.05) is 37.1 Å². The van der Waals surface area contributed by atoms with Crippen molar-refractivity contribution in [3.05, 3.63) is 21.9 Å². The van der Waals surface area contributed by atoms with Gasteiger partial charge in [-0.3, -0.25) is 0 Å². The third-order valence-corrected chi connectivity index (χ3v) is 7.25. The summed E-state index contributed by atoms with van der Waals surface area (Å²) in [6.07, 6.45) is 1.72. The Labute approximate surface area is 124 Å². The molecule has 0 saturated carbocycles. The predicted molar refractivity (Wildman–Crippen MR) is 81.1 cm³/mol. The zero-order chi connectivity index (χ0) is 14.2. The maximum Gasteiger partial charge on any atom is 0.282 e. The van der Waals surface area contributed by atoms with Crippen LogP contribution in [0.1, 0.15) is 29.8 Å². The molecule has 1 aromatic heterocycles. The summed E-state index contributed by atoms with van der Waals surface area (Å²) in [4.78, 5) is 1.33. The van der Waals surface area contributed by atoms with Gasteiger partial charge in [0.05, 0.1) is 0 Å². The number of nitrogens with one attached hydrogen (secondary N) is 1. The Morgan fingerprint density at radius 1 is 1.30 bits per heavy atom. The van der Waals surface area contributed by atoms with Gasteiger partial charge in [0.25, 0.3) is 10.2 Å². The molecular weight excluding hydrogens is 294 g/mol. The van der Waals surface area contributed by atoms with Gasteiger partial charge < -0.3 is 5.32 Å². The molecule has 0 bridgehead atoms. The van der Waals surface area contributed by atoms with Gasteiger partial charge in [0.1, 0.15) is 0 Å². The van der Waals surface area contributed by atoms with Gasteiger partial charge in [0.15, 0.2) is 0 Å². The van der Waals surface area contributed by atoms with Crippen LogP contribution in [0, 0.1) is 0 Å². The Morgan fingerprint density at radius 3 is 3.00 bits per heavy atom. The SMILES string of the molecule is CC1c2ccsc2CCN1S(=O)(=O)N1CCCNCC1. The number of hydrogen-bond acceptors (Lipinski definition) is 4. The van der Waals surface area contributed by atoms with Crippen LogP contribution in [-0.2, 0) is 16.6 Å². The normalized spacial score (nSPS) is 26.1. The molecule has 3 rings (SSSR count). The Morgan fingerprint density at radius 2 is 2.15 bits per heavy atom. The quantitative estimate of drug-likeness (QED) is 0.892. The minimum atomic E-state index is -3.35. The number of hydrogen-bond donors (Lipinski definition) is 1. The van der Waals surface area contributed by atoms with E-state index in [1.165, 1.54) is 10.4 Å². The van der Waals surface area contributed by atoms with Crippen molar-refractivity contribution in [2.24, 2.45) is 0 Å². The first-order chi connectivity index (χ1) is 9.60. The zero-order valence-electron chi connectivity index (χ0n) is 11.7. The van der Waals surface area contributed by atoms with Gasteiger partial charge in [-0.2, -0.15) is 17.0 Å². The Bertz CT molecular complexity index is 562. The molecule has 1 fully saturated rings.